The number of aryl methyl sites for hydroxylation is 1. The number of hydrogen-bond acceptors (Lipinski definition) is 2. The van der Waals surface area contributed by atoms with Crippen LogP contribution in [-0.4, -0.2) is 20.3 Å². The summed E-state index contributed by atoms with van der Waals surface area (Å²) in [7, 11) is 1.90. The molecule has 20 heavy (non-hydrogen) atoms. The summed E-state index contributed by atoms with van der Waals surface area (Å²) in [5.74, 6) is -0.00977. The Labute approximate surface area is 119 Å². The first-order valence-electron chi connectivity index (χ1n) is 6.77. The van der Waals surface area contributed by atoms with Gasteiger partial charge < -0.3 is 9.88 Å². The van der Waals surface area contributed by atoms with Gasteiger partial charge in [0.25, 0.3) is 0 Å². The van der Waals surface area contributed by atoms with Gasteiger partial charge in [-0.25, -0.2) is 0 Å². The SMILES string of the molecule is Cc1c([C@H](C)NC(=O)C(C)(C)n2cccc2)cnn1C. The molecule has 0 saturated carbocycles. The number of amides is 1. The van der Waals surface area contributed by atoms with E-state index in [1.807, 2.05) is 74.7 Å². The quantitative estimate of drug-likeness (QED) is 0.928. The number of nitrogens with one attached hydrogen (secondary N) is 1. The van der Waals surface area contributed by atoms with Gasteiger partial charge in [-0.2, -0.15) is 5.10 Å². The van der Waals surface area contributed by atoms with Crippen LogP contribution in [0, 0.1) is 6.92 Å². The second-order valence-corrected chi connectivity index (χ2v) is 5.65. The molecule has 0 spiro atoms. The van der Waals surface area contributed by atoms with Crippen LogP contribution in [0.5, 0.6) is 0 Å². The minimum atomic E-state index is -0.617. The van der Waals surface area contributed by atoms with Crippen LogP contribution in [0.25, 0.3) is 0 Å². The topological polar surface area (TPSA) is 51.9 Å². The average molecular weight is 274 g/mol. The van der Waals surface area contributed by atoms with Gasteiger partial charge in [0.2, 0.25) is 5.91 Å². The fourth-order valence-corrected chi connectivity index (χ4v) is 2.22. The van der Waals surface area contributed by atoms with E-state index in [1.54, 1.807) is 0 Å². The van der Waals surface area contributed by atoms with Crippen molar-refractivity contribution in [2.45, 2.75) is 39.3 Å². The van der Waals surface area contributed by atoms with Crippen LogP contribution in [0.1, 0.15) is 38.1 Å². The summed E-state index contributed by atoms with van der Waals surface area (Å²) >= 11 is 0. The van der Waals surface area contributed by atoms with Gasteiger partial charge in [0.05, 0.1) is 12.2 Å². The minimum Gasteiger partial charge on any atom is -0.347 e. The molecule has 1 N–H and O–H groups in total. The number of nitrogens with zero attached hydrogens (tertiary/aromatic N) is 3. The third-order valence-corrected chi connectivity index (χ3v) is 3.89. The predicted molar refractivity (Wildman–Crippen MR) is 78.3 cm³/mol. The Morgan fingerprint density at radius 3 is 2.45 bits per heavy atom. The van der Waals surface area contributed by atoms with E-state index in [-0.39, 0.29) is 11.9 Å². The van der Waals surface area contributed by atoms with Crippen LogP contribution in [0.2, 0.25) is 0 Å². The molecular weight excluding hydrogens is 252 g/mol. The molecule has 0 aliphatic carbocycles. The zero-order valence-electron chi connectivity index (χ0n) is 12.7. The molecule has 0 aliphatic heterocycles. The monoisotopic (exact) mass is 274 g/mol. The Balaban J connectivity index is 2.14. The maximum Gasteiger partial charge on any atom is 0.246 e. The first-order valence-corrected chi connectivity index (χ1v) is 6.77. The van der Waals surface area contributed by atoms with Gasteiger partial charge in [-0.3, -0.25) is 9.48 Å². The van der Waals surface area contributed by atoms with E-state index in [0.717, 1.165) is 11.3 Å². The second kappa shape index (κ2) is 5.15. The minimum absolute atomic E-state index is 0.00977. The Morgan fingerprint density at radius 2 is 1.95 bits per heavy atom. The molecule has 0 aliphatic rings. The zero-order chi connectivity index (χ0) is 14.9. The smallest absolute Gasteiger partial charge is 0.246 e. The van der Waals surface area contributed by atoms with Crippen LogP contribution in [0.3, 0.4) is 0 Å². The third kappa shape index (κ3) is 2.48. The molecule has 0 fully saturated rings. The van der Waals surface area contributed by atoms with Crippen molar-refractivity contribution in [1.29, 1.82) is 0 Å². The number of carbonyl (C=O) groups is 1. The van der Waals surface area contributed by atoms with E-state index in [0.29, 0.717) is 0 Å². The van der Waals surface area contributed by atoms with E-state index in [2.05, 4.69) is 10.4 Å². The van der Waals surface area contributed by atoms with Gasteiger partial charge in [-0.05, 0) is 39.8 Å². The normalized spacial score (nSPS) is 13.2. The molecule has 0 radical (unpaired) electrons. The number of hydrogen-bond donors (Lipinski definition) is 1. The van der Waals surface area contributed by atoms with E-state index >= 15 is 0 Å². The largest absolute Gasteiger partial charge is 0.347 e. The lowest BCUT2D eigenvalue weighted by Gasteiger charge is -2.27. The Morgan fingerprint density at radius 1 is 1.35 bits per heavy atom. The van der Waals surface area contributed by atoms with Gasteiger partial charge in [0.1, 0.15) is 5.54 Å². The van der Waals surface area contributed by atoms with Crippen LogP contribution < -0.4 is 5.32 Å². The van der Waals surface area contributed by atoms with Gasteiger partial charge in [-0.15, -0.1) is 0 Å². The highest BCUT2D eigenvalue weighted by Crippen LogP contribution is 2.20. The van der Waals surface area contributed by atoms with E-state index in [4.69, 9.17) is 0 Å². The van der Waals surface area contributed by atoms with Crippen molar-refractivity contribution in [2.75, 3.05) is 0 Å². The van der Waals surface area contributed by atoms with Crippen LogP contribution in [-0.2, 0) is 17.4 Å². The molecule has 0 aromatic carbocycles. The van der Waals surface area contributed by atoms with Crippen molar-refractivity contribution in [3.05, 3.63) is 42.0 Å². The van der Waals surface area contributed by atoms with Crippen molar-refractivity contribution in [3.8, 4) is 0 Å². The Bertz CT molecular complexity index is 595. The molecule has 2 heterocycles. The first-order chi connectivity index (χ1) is 9.34. The van der Waals surface area contributed by atoms with Gasteiger partial charge in [0.15, 0.2) is 0 Å². The fourth-order valence-electron chi connectivity index (χ4n) is 2.22. The summed E-state index contributed by atoms with van der Waals surface area (Å²) in [6, 6.07) is 3.78. The van der Waals surface area contributed by atoms with Crippen LogP contribution >= 0.6 is 0 Å². The highest BCUT2D eigenvalue weighted by molar-refractivity contribution is 5.84. The standard InChI is InChI=1S/C15H22N4O/c1-11(13-10-16-18(5)12(13)2)17-14(20)15(3,4)19-8-6-7-9-19/h6-11H,1-5H3,(H,17,20)/t11-/m0/s1. The maximum absolute atomic E-state index is 12.5. The molecule has 1 amide bonds. The second-order valence-electron chi connectivity index (χ2n) is 5.65. The number of aromatic nitrogens is 3. The summed E-state index contributed by atoms with van der Waals surface area (Å²) in [5, 5.41) is 7.28. The van der Waals surface area contributed by atoms with E-state index < -0.39 is 5.54 Å². The molecule has 5 nitrogen and oxygen atoms in total. The Kier molecular flexibility index (Phi) is 3.70. The van der Waals surface area contributed by atoms with Crippen LogP contribution in [0.4, 0.5) is 0 Å². The zero-order valence-corrected chi connectivity index (χ0v) is 12.7. The van der Waals surface area contributed by atoms with Gasteiger partial charge >= 0.3 is 0 Å². The lowest BCUT2D eigenvalue weighted by molar-refractivity contribution is -0.129. The van der Waals surface area contributed by atoms with E-state index in [9.17, 15) is 4.79 Å². The van der Waals surface area contributed by atoms with Crippen molar-refractivity contribution in [3.63, 3.8) is 0 Å². The summed E-state index contributed by atoms with van der Waals surface area (Å²) in [6.45, 7) is 7.80. The van der Waals surface area contributed by atoms with Crippen molar-refractivity contribution in [1.82, 2.24) is 19.7 Å². The maximum atomic E-state index is 12.5. The highest BCUT2D eigenvalue weighted by atomic mass is 16.2. The summed E-state index contributed by atoms with van der Waals surface area (Å²) < 4.78 is 3.72. The van der Waals surface area contributed by atoms with Crippen molar-refractivity contribution >= 4 is 5.91 Å². The van der Waals surface area contributed by atoms with Crippen molar-refractivity contribution < 1.29 is 4.79 Å². The van der Waals surface area contributed by atoms with Crippen molar-refractivity contribution in [2.24, 2.45) is 7.05 Å². The lowest BCUT2D eigenvalue weighted by Crippen LogP contribution is -2.44. The van der Waals surface area contributed by atoms with E-state index in [1.165, 1.54) is 0 Å². The fraction of sp³-hybridized carbons (Fsp3) is 0.467. The summed E-state index contributed by atoms with van der Waals surface area (Å²) in [6.07, 6.45) is 5.61. The molecular formula is C15H22N4O. The summed E-state index contributed by atoms with van der Waals surface area (Å²) in [4.78, 5) is 12.5. The molecule has 5 heteroatoms. The molecule has 0 bridgehead atoms. The first kappa shape index (κ1) is 14.4. The van der Waals surface area contributed by atoms with Crippen LogP contribution in [0.15, 0.2) is 30.7 Å². The summed E-state index contributed by atoms with van der Waals surface area (Å²) in [5.41, 5.74) is 1.49. The highest BCUT2D eigenvalue weighted by Gasteiger charge is 2.30. The molecule has 2 rings (SSSR count). The Hall–Kier alpha value is -2.04. The average Bonchev–Trinajstić information content (AvgIpc) is 3.01. The third-order valence-electron chi connectivity index (χ3n) is 3.89. The lowest BCUT2D eigenvalue weighted by atomic mass is 10.0. The molecule has 2 aromatic heterocycles. The molecule has 2 aromatic rings. The number of carbonyl (C=O) groups excluding carboxylic acids is 1. The molecule has 0 unspecified atom stereocenters. The molecule has 1 atom stereocenters. The predicted octanol–water partition coefficient (Wildman–Crippen LogP) is 2.14. The molecule has 0 saturated heterocycles. The van der Waals surface area contributed by atoms with Gasteiger partial charge in [0, 0.05) is 30.7 Å². The van der Waals surface area contributed by atoms with Gasteiger partial charge in [-0.1, -0.05) is 0 Å². The molecule has 108 valence electrons. The number of rotatable bonds is 4.